The van der Waals surface area contributed by atoms with Crippen LogP contribution in [0.1, 0.15) is 26.3 Å². The van der Waals surface area contributed by atoms with Gasteiger partial charge in [-0.15, -0.1) is 0 Å². The van der Waals surface area contributed by atoms with Gasteiger partial charge in [-0.3, -0.25) is 0 Å². The number of fused-ring (bicyclic) bond motifs is 1. The second kappa shape index (κ2) is 5.31. The van der Waals surface area contributed by atoms with Crippen LogP contribution in [0.25, 0.3) is 11.3 Å². The molecule has 1 unspecified atom stereocenters. The molecule has 106 valence electrons. The predicted molar refractivity (Wildman–Crippen MR) is 83.9 cm³/mol. The number of nitrogens with zero attached hydrogens (tertiary/aromatic N) is 2. The van der Waals surface area contributed by atoms with Gasteiger partial charge < -0.3 is 9.88 Å². The lowest BCUT2D eigenvalue weighted by Crippen LogP contribution is -2.13. The molecule has 2 heterocycles. The summed E-state index contributed by atoms with van der Waals surface area (Å²) in [5, 5.41) is 3.52. The zero-order valence-corrected chi connectivity index (χ0v) is 12.6. The summed E-state index contributed by atoms with van der Waals surface area (Å²) in [6.45, 7) is 8.94. The van der Waals surface area contributed by atoms with Crippen LogP contribution in [-0.4, -0.2) is 16.1 Å². The van der Waals surface area contributed by atoms with E-state index in [4.69, 9.17) is 0 Å². The fourth-order valence-corrected chi connectivity index (χ4v) is 2.76. The molecule has 1 aromatic heterocycles. The van der Waals surface area contributed by atoms with Gasteiger partial charge in [0.25, 0.3) is 0 Å². The molecule has 0 bridgehead atoms. The van der Waals surface area contributed by atoms with Crippen molar-refractivity contribution in [3.63, 3.8) is 0 Å². The SMILES string of the molecule is CC(C)C(C)Cn1cncc1-c1cccc2c1NCC2. The van der Waals surface area contributed by atoms with Gasteiger partial charge in [0.1, 0.15) is 0 Å². The molecule has 0 fully saturated rings. The fraction of sp³-hybridized carbons (Fsp3) is 0.471. The van der Waals surface area contributed by atoms with Crippen LogP contribution >= 0.6 is 0 Å². The van der Waals surface area contributed by atoms with Crippen molar-refractivity contribution in [2.45, 2.75) is 33.7 Å². The minimum absolute atomic E-state index is 0.646. The van der Waals surface area contributed by atoms with Gasteiger partial charge in [-0.25, -0.2) is 4.98 Å². The van der Waals surface area contributed by atoms with Crippen LogP contribution in [-0.2, 0) is 13.0 Å². The first-order valence-electron chi connectivity index (χ1n) is 7.53. The Morgan fingerprint density at radius 2 is 2.15 bits per heavy atom. The maximum atomic E-state index is 4.37. The number of benzene rings is 1. The second-order valence-electron chi connectivity index (χ2n) is 6.17. The van der Waals surface area contributed by atoms with Crippen molar-refractivity contribution in [3.05, 3.63) is 36.3 Å². The molecule has 3 heteroatoms. The first-order valence-corrected chi connectivity index (χ1v) is 7.53. The van der Waals surface area contributed by atoms with Gasteiger partial charge in [0, 0.05) is 24.3 Å². The summed E-state index contributed by atoms with van der Waals surface area (Å²) in [4.78, 5) is 4.37. The van der Waals surface area contributed by atoms with Crippen LogP contribution in [0.5, 0.6) is 0 Å². The zero-order chi connectivity index (χ0) is 14.1. The summed E-state index contributed by atoms with van der Waals surface area (Å²) >= 11 is 0. The summed E-state index contributed by atoms with van der Waals surface area (Å²) in [6.07, 6.45) is 5.07. The van der Waals surface area contributed by atoms with Gasteiger partial charge >= 0.3 is 0 Å². The highest BCUT2D eigenvalue weighted by atomic mass is 15.1. The summed E-state index contributed by atoms with van der Waals surface area (Å²) < 4.78 is 2.29. The number of nitrogens with one attached hydrogen (secondary N) is 1. The molecule has 2 aromatic rings. The molecule has 1 N–H and O–H groups in total. The van der Waals surface area contributed by atoms with E-state index in [0.717, 1.165) is 19.5 Å². The van der Waals surface area contributed by atoms with E-state index in [0.29, 0.717) is 11.8 Å². The number of aromatic nitrogens is 2. The Bertz CT molecular complexity index is 598. The maximum absolute atomic E-state index is 4.37. The Morgan fingerprint density at radius 3 is 2.95 bits per heavy atom. The predicted octanol–water partition coefficient (Wildman–Crippen LogP) is 3.81. The standard InChI is InChI=1S/C17H23N3/c1-12(2)13(3)10-20-11-18-9-16(20)15-6-4-5-14-7-8-19-17(14)15/h4-6,9,11-13,19H,7-8,10H2,1-3H3. The van der Waals surface area contributed by atoms with Gasteiger partial charge in [0.15, 0.2) is 0 Å². The molecule has 0 saturated heterocycles. The average Bonchev–Trinajstić information content (AvgIpc) is 3.06. The topological polar surface area (TPSA) is 29.9 Å². The first-order chi connectivity index (χ1) is 9.66. The van der Waals surface area contributed by atoms with E-state index in [-0.39, 0.29) is 0 Å². The monoisotopic (exact) mass is 269 g/mol. The Morgan fingerprint density at radius 1 is 1.30 bits per heavy atom. The van der Waals surface area contributed by atoms with E-state index in [1.54, 1.807) is 0 Å². The highest BCUT2D eigenvalue weighted by Crippen LogP contribution is 2.34. The minimum Gasteiger partial charge on any atom is -0.384 e. The van der Waals surface area contributed by atoms with Crippen molar-refractivity contribution >= 4 is 5.69 Å². The van der Waals surface area contributed by atoms with Crippen LogP contribution in [0, 0.1) is 11.8 Å². The molecule has 1 aromatic carbocycles. The fourth-order valence-electron chi connectivity index (χ4n) is 2.76. The van der Waals surface area contributed by atoms with Gasteiger partial charge in [-0.1, -0.05) is 39.0 Å². The molecule has 0 aliphatic carbocycles. The van der Waals surface area contributed by atoms with Crippen molar-refractivity contribution in [2.24, 2.45) is 11.8 Å². The van der Waals surface area contributed by atoms with Crippen molar-refractivity contribution in [3.8, 4) is 11.3 Å². The van der Waals surface area contributed by atoms with Crippen LogP contribution in [0.2, 0.25) is 0 Å². The summed E-state index contributed by atoms with van der Waals surface area (Å²) in [5.74, 6) is 1.33. The largest absolute Gasteiger partial charge is 0.384 e. The lowest BCUT2D eigenvalue weighted by molar-refractivity contribution is 0.366. The summed E-state index contributed by atoms with van der Waals surface area (Å²) in [5.41, 5.74) is 5.23. The van der Waals surface area contributed by atoms with Crippen molar-refractivity contribution in [2.75, 3.05) is 11.9 Å². The highest BCUT2D eigenvalue weighted by Gasteiger charge is 2.18. The van der Waals surface area contributed by atoms with Gasteiger partial charge in [0.05, 0.1) is 18.2 Å². The third kappa shape index (κ3) is 2.33. The molecule has 0 saturated carbocycles. The second-order valence-corrected chi connectivity index (χ2v) is 6.17. The zero-order valence-electron chi connectivity index (χ0n) is 12.6. The van der Waals surface area contributed by atoms with Gasteiger partial charge in [-0.05, 0) is 23.8 Å². The molecule has 20 heavy (non-hydrogen) atoms. The third-order valence-electron chi connectivity index (χ3n) is 4.46. The van der Waals surface area contributed by atoms with E-state index in [9.17, 15) is 0 Å². The molecule has 0 spiro atoms. The van der Waals surface area contributed by atoms with E-state index in [2.05, 4.69) is 53.8 Å². The average molecular weight is 269 g/mol. The normalized spacial score (nSPS) is 15.2. The van der Waals surface area contributed by atoms with Crippen LogP contribution in [0.15, 0.2) is 30.7 Å². The van der Waals surface area contributed by atoms with E-state index in [1.807, 2.05) is 12.5 Å². The molecule has 3 nitrogen and oxygen atoms in total. The smallest absolute Gasteiger partial charge is 0.0951 e. The van der Waals surface area contributed by atoms with Crippen molar-refractivity contribution < 1.29 is 0 Å². The number of hydrogen-bond donors (Lipinski definition) is 1. The number of para-hydroxylation sites is 1. The van der Waals surface area contributed by atoms with Crippen LogP contribution in [0.3, 0.4) is 0 Å². The Balaban J connectivity index is 1.96. The van der Waals surface area contributed by atoms with Crippen LogP contribution in [0.4, 0.5) is 5.69 Å². The molecular weight excluding hydrogens is 246 g/mol. The molecule has 0 radical (unpaired) electrons. The summed E-state index contributed by atoms with van der Waals surface area (Å²) in [7, 11) is 0. The van der Waals surface area contributed by atoms with E-state index >= 15 is 0 Å². The van der Waals surface area contributed by atoms with Crippen LogP contribution < -0.4 is 5.32 Å². The molecule has 1 atom stereocenters. The van der Waals surface area contributed by atoms with Crippen molar-refractivity contribution in [1.29, 1.82) is 0 Å². The molecule has 1 aliphatic heterocycles. The van der Waals surface area contributed by atoms with Crippen molar-refractivity contribution in [1.82, 2.24) is 9.55 Å². The highest BCUT2D eigenvalue weighted by molar-refractivity contribution is 5.79. The van der Waals surface area contributed by atoms with Gasteiger partial charge in [-0.2, -0.15) is 0 Å². The van der Waals surface area contributed by atoms with E-state index in [1.165, 1.54) is 22.5 Å². The minimum atomic E-state index is 0.646. The number of imidazole rings is 1. The maximum Gasteiger partial charge on any atom is 0.0951 e. The Kier molecular flexibility index (Phi) is 3.51. The number of rotatable bonds is 4. The Labute approximate surface area is 121 Å². The molecule has 0 amide bonds. The Hall–Kier alpha value is -1.77. The lowest BCUT2D eigenvalue weighted by Gasteiger charge is -2.18. The molecule has 1 aliphatic rings. The summed E-state index contributed by atoms with van der Waals surface area (Å²) in [6, 6.07) is 6.57. The number of hydrogen-bond acceptors (Lipinski definition) is 2. The molecular formula is C17H23N3. The third-order valence-corrected chi connectivity index (χ3v) is 4.46. The first kappa shape index (κ1) is 13.2. The lowest BCUT2D eigenvalue weighted by atomic mass is 9.98. The van der Waals surface area contributed by atoms with Gasteiger partial charge in [0.2, 0.25) is 0 Å². The quantitative estimate of drug-likeness (QED) is 0.914. The molecule has 3 rings (SSSR count). The van der Waals surface area contributed by atoms with E-state index < -0.39 is 0 Å². The number of anilines is 1.